The van der Waals surface area contributed by atoms with E-state index in [0.29, 0.717) is 12.1 Å². The molecule has 0 aliphatic carbocycles. The standard InChI is InChI=1S/C24H23FN2O4/c1-16-12-21(17(2)27(16)14-18-6-4-3-5-7-18)22(28)15-31-23(29)13-26-24(30)19-8-10-20(25)11-9-19/h3-12H,13-15H2,1-2H3,(H,26,30). The first-order valence-corrected chi connectivity index (χ1v) is 9.78. The Bertz CT molecular complexity index is 1090. The van der Waals surface area contributed by atoms with Crippen molar-refractivity contribution in [1.29, 1.82) is 0 Å². The van der Waals surface area contributed by atoms with Crippen LogP contribution in [0.15, 0.2) is 60.7 Å². The normalized spacial score (nSPS) is 10.5. The van der Waals surface area contributed by atoms with Crippen LogP contribution >= 0.6 is 0 Å². The third-order valence-electron chi connectivity index (χ3n) is 4.92. The maximum absolute atomic E-state index is 12.9. The molecule has 0 radical (unpaired) electrons. The van der Waals surface area contributed by atoms with Gasteiger partial charge in [0.15, 0.2) is 6.61 Å². The summed E-state index contributed by atoms with van der Waals surface area (Å²) >= 11 is 0. The van der Waals surface area contributed by atoms with Crippen molar-refractivity contribution in [3.05, 3.63) is 94.6 Å². The second-order valence-corrected chi connectivity index (χ2v) is 7.13. The fourth-order valence-electron chi connectivity index (χ4n) is 3.22. The number of aryl methyl sites for hydroxylation is 1. The lowest BCUT2D eigenvalue weighted by Crippen LogP contribution is -2.31. The number of halogens is 1. The number of esters is 1. The Morgan fingerprint density at radius 2 is 1.68 bits per heavy atom. The number of ketones is 1. The molecule has 6 nitrogen and oxygen atoms in total. The Kier molecular flexibility index (Phi) is 6.97. The van der Waals surface area contributed by atoms with Crippen molar-refractivity contribution in [2.75, 3.05) is 13.2 Å². The van der Waals surface area contributed by atoms with E-state index in [-0.39, 0.29) is 11.3 Å². The number of carbonyl (C=O) groups excluding carboxylic acids is 3. The molecule has 3 aromatic rings. The number of amides is 1. The van der Waals surface area contributed by atoms with Gasteiger partial charge >= 0.3 is 5.97 Å². The number of nitrogens with one attached hydrogen (secondary N) is 1. The van der Waals surface area contributed by atoms with Crippen LogP contribution in [0.2, 0.25) is 0 Å². The Hall–Kier alpha value is -3.74. The highest BCUT2D eigenvalue weighted by Gasteiger charge is 2.18. The summed E-state index contributed by atoms with van der Waals surface area (Å²) in [4.78, 5) is 36.4. The predicted molar refractivity (Wildman–Crippen MR) is 113 cm³/mol. The predicted octanol–water partition coefficient (Wildman–Crippen LogP) is 3.45. The van der Waals surface area contributed by atoms with Gasteiger partial charge in [0.05, 0.1) is 0 Å². The highest BCUT2D eigenvalue weighted by atomic mass is 19.1. The van der Waals surface area contributed by atoms with Crippen LogP contribution in [0, 0.1) is 19.7 Å². The molecule has 0 spiro atoms. The largest absolute Gasteiger partial charge is 0.456 e. The van der Waals surface area contributed by atoms with E-state index in [1.54, 1.807) is 6.07 Å². The minimum absolute atomic E-state index is 0.219. The van der Waals surface area contributed by atoms with Gasteiger partial charge in [-0.1, -0.05) is 30.3 Å². The van der Waals surface area contributed by atoms with Gasteiger partial charge in [0.2, 0.25) is 5.78 Å². The van der Waals surface area contributed by atoms with Gasteiger partial charge in [-0.2, -0.15) is 0 Å². The zero-order chi connectivity index (χ0) is 22.4. The molecule has 0 fully saturated rings. The molecule has 7 heteroatoms. The first-order valence-electron chi connectivity index (χ1n) is 9.78. The van der Waals surface area contributed by atoms with Crippen molar-refractivity contribution in [2.45, 2.75) is 20.4 Å². The van der Waals surface area contributed by atoms with Crippen LogP contribution in [0.3, 0.4) is 0 Å². The molecule has 0 atom stereocenters. The van der Waals surface area contributed by atoms with Crippen LogP contribution in [0.25, 0.3) is 0 Å². The molecule has 1 amide bonds. The second kappa shape index (κ2) is 9.84. The summed E-state index contributed by atoms with van der Waals surface area (Å²) in [7, 11) is 0. The third kappa shape index (κ3) is 5.66. The summed E-state index contributed by atoms with van der Waals surface area (Å²) in [6, 6.07) is 16.6. The molecular formula is C24H23FN2O4. The van der Waals surface area contributed by atoms with Crippen LogP contribution in [0.4, 0.5) is 4.39 Å². The van der Waals surface area contributed by atoms with E-state index in [1.165, 1.54) is 12.1 Å². The minimum atomic E-state index is -0.734. The topological polar surface area (TPSA) is 77.4 Å². The van der Waals surface area contributed by atoms with Crippen LogP contribution in [0.5, 0.6) is 0 Å². The van der Waals surface area contributed by atoms with Gasteiger partial charge in [-0.15, -0.1) is 0 Å². The number of hydrogen-bond acceptors (Lipinski definition) is 4. The van der Waals surface area contributed by atoms with E-state index in [0.717, 1.165) is 29.1 Å². The van der Waals surface area contributed by atoms with Gasteiger partial charge < -0.3 is 14.6 Å². The number of benzene rings is 2. The molecular weight excluding hydrogens is 399 g/mol. The van der Waals surface area contributed by atoms with E-state index < -0.39 is 30.8 Å². The number of nitrogens with zero attached hydrogens (tertiary/aromatic N) is 1. The smallest absolute Gasteiger partial charge is 0.325 e. The Morgan fingerprint density at radius 1 is 1.00 bits per heavy atom. The van der Waals surface area contributed by atoms with Gasteiger partial charge in [0.25, 0.3) is 5.91 Å². The minimum Gasteiger partial charge on any atom is -0.456 e. The molecule has 2 aromatic carbocycles. The van der Waals surface area contributed by atoms with E-state index in [9.17, 15) is 18.8 Å². The summed E-state index contributed by atoms with van der Waals surface area (Å²) in [5.74, 6) is -2.04. The SMILES string of the molecule is Cc1cc(C(=O)COC(=O)CNC(=O)c2ccc(F)cc2)c(C)n1Cc1ccccc1. The van der Waals surface area contributed by atoms with Gasteiger partial charge in [-0.05, 0) is 49.7 Å². The van der Waals surface area contributed by atoms with Crippen LogP contribution in [-0.2, 0) is 16.1 Å². The van der Waals surface area contributed by atoms with Crippen molar-refractivity contribution < 1.29 is 23.5 Å². The van der Waals surface area contributed by atoms with E-state index >= 15 is 0 Å². The van der Waals surface area contributed by atoms with Crippen molar-refractivity contribution in [1.82, 2.24) is 9.88 Å². The van der Waals surface area contributed by atoms with Crippen LogP contribution in [0.1, 0.15) is 37.7 Å². The molecule has 0 aliphatic heterocycles. The second-order valence-electron chi connectivity index (χ2n) is 7.13. The van der Waals surface area contributed by atoms with Crippen molar-refractivity contribution in [3.63, 3.8) is 0 Å². The van der Waals surface area contributed by atoms with Gasteiger partial charge in [-0.25, -0.2) is 4.39 Å². The number of rotatable bonds is 8. The van der Waals surface area contributed by atoms with E-state index in [4.69, 9.17) is 4.74 Å². The number of Topliss-reactive ketones (excluding diaryl/α,β-unsaturated/α-hetero) is 1. The van der Waals surface area contributed by atoms with Crippen molar-refractivity contribution >= 4 is 17.7 Å². The molecule has 3 rings (SSSR count). The zero-order valence-corrected chi connectivity index (χ0v) is 17.4. The average Bonchev–Trinajstić information content (AvgIpc) is 3.05. The van der Waals surface area contributed by atoms with E-state index in [1.807, 2.05) is 48.7 Å². The average molecular weight is 422 g/mol. The highest BCUT2D eigenvalue weighted by molar-refractivity contribution is 6.00. The fourth-order valence-corrected chi connectivity index (χ4v) is 3.22. The molecule has 1 heterocycles. The van der Waals surface area contributed by atoms with Gasteiger partial charge in [0.1, 0.15) is 12.4 Å². The van der Waals surface area contributed by atoms with Crippen molar-refractivity contribution in [3.8, 4) is 0 Å². The lowest BCUT2D eigenvalue weighted by atomic mass is 10.1. The summed E-state index contributed by atoms with van der Waals surface area (Å²) in [5, 5.41) is 2.38. The third-order valence-corrected chi connectivity index (χ3v) is 4.92. The molecule has 0 saturated carbocycles. The Balaban J connectivity index is 1.53. The van der Waals surface area contributed by atoms with Gasteiger partial charge in [0, 0.05) is 29.1 Å². The zero-order valence-electron chi connectivity index (χ0n) is 17.4. The number of ether oxygens (including phenoxy) is 1. The van der Waals surface area contributed by atoms with Crippen LogP contribution in [-0.4, -0.2) is 35.4 Å². The molecule has 31 heavy (non-hydrogen) atoms. The lowest BCUT2D eigenvalue weighted by Gasteiger charge is -2.10. The quantitative estimate of drug-likeness (QED) is 0.446. The number of carbonyl (C=O) groups is 3. The summed E-state index contributed by atoms with van der Waals surface area (Å²) < 4.78 is 20.0. The highest BCUT2D eigenvalue weighted by Crippen LogP contribution is 2.18. The summed E-state index contributed by atoms with van der Waals surface area (Å²) in [6.45, 7) is 3.61. The Labute approximate surface area is 179 Å². The maximum atomic E-state index is 12.9. The first kappa shape index (κ1) is 22.0. The van der Waals surface area contributed by atoms with E-state index in [2.05, 4.69) is 5.32 Å². The molecule has 160 valence electrons. The first-order chi connectivity index (χ1) is 14.8. The van der Waals surface area contributed by atoms with Crippen molar-refractivity contribution in [2.24, 2.45) is 0 Å². The molecule has 0 aliphatic rings. The molecule has 0 bridgehead atoms. The number of aromatic nitrogens is 1. The lowest BCUT2D eigenvalue weighted by molar-refractivity contribution is -0.141. The molecule has 0 saturated heterocycles. The number of hydrogen-bond donors (Lipinski definition) is 1. The molecule has 1 aromatic heterocycles. The summed E-state index contributed by atoms with van der Waals surface area (Å²) in [5.41, 5.74) is 3.56. The van der Waals surface area contributed by atoms with Crippen LogP contribution < -0.4 is 5.32 Å². The Morgan fingerprint density at radius 3 is 2.35 bits per heavy atom. The monoisotopic (exact) mass is 422 g/mol. The van der Waals surface area contributed by atoms with Gasteiger partial charge in [-0.3, -0.25) is 14.4 Å². The molecule has 0 unspecified atom stereocenters. The fraction of sp³-hybridized carbons (Fsp3) is 0.208. The molecule has 1 N–H and O–H groups in total. The summed E-state index contributed by atoms with van der Waals surface area (Å²) in [6.07, 6.45) is 0. The maximum Gasteiger partial charge on any atom is 0.325 e.